The quantitative estimate of drug-likeness (QED) is 0.817. The van der Waals surface area contributed by atoms with Crippen LogP contribution in [0.15, 0.2) is 12.1 Å². The number of benzene rings is 1. The van der Waals surface area contributed by atoms with Gasteiger partial charge < -0.3 is 5.73 Å². The monoisotopic (exact) mass is 290 g/mol. The molecule has 2 amide bonds. The Morgan fingerprint density at radius 3 is 2.57 bits per heavy atom. The fourth-order valence-corrected chi connectivity index (χ4v) is 3.36. The maximum absolute atomic E-state index is 14.5. The molecule has 21 heavy (non-hydrogen) atoms. The molecule has 5 heteroatoms. The molecule has 1 heterocycles. The van der Waals surface area contributed by atoms with Crippen LogP contribution < -0.4 is 11.1 Å². The molecule has 1 saturated carbocycles. The fraction of sp³-hybridized carbons (Fsp3) is 0.500. The first-order valence-corrected chi connectivity index (χ1v) is 7.35. The normalized spacial score (nSPS) is 29.0. The van der Waals surface area contributed by atoms with Crippen molar-refractivity contribution < 1.29 is 14.0 Å². The van der Waals surface area contributed by atoms with Crippen molar-refractivity contribution in [3.8, 4) is 0 Å². The van der Waals surface area contributed by atoms with Gasteiger partial charge in [0, 0.05) is 18.0 Å². The van der Waals surface area contributed by atoms with Crippen molar-refractivity contribution in [3.63, 3.8) is 0 Å². The van der Waals surface area contributed by atoms with Crippen LogP contribution in [-0.2, 0) is 9.59 Å². The van der Waals surface area contributed by atoms with Crippen molar-refractivity contribution >= 4 is 11.8 Å². The number of nitrogens with one attached hydrogen (secondary N) is 1. The summed E-state index contributed by atoms with van der Waals surface area (Å²) in [4.78, 5) is 23.1. The molecule has 3 rings (SSSR count). The predicted molar refractivity (Wildman–Crippen MR) is 76.2 cm³/mol. The molecule has 4 nitrogen and oxygen atoms in total. The van der Waals surface area contributed by atoms with Gasteiger partial charge in [0.25, 0.3) is 0 Å². The zero-order chi connectivity index (χ0) is 15.1. The summed E-state index contributed by atoms with van der Waals surface area (Å²) in [7, 11) is 0. The van der Waals surface area contributed by atoms with Crippen LogP contribution in [0, 0.1) is 12.7 Å². The Balaban J connectivity index is 1.89. The number of amides is 2. The molecule has 3 N–H and O–H groups in total. The molecular weight excluding hydrogens is 271 g/mol. The van der Waals surface area contributed by atoms with Gasteiger partial charge in [0.15, 0.2) is 0 Å². The van der Waals surface area contributed by atoms with E-state index in [0.29, 0.717) is 17.9 Å². The summed E-state index contributed by atoms with van der Waals surface area (Å²) in [5.41, 5.74) is 7.94. The average Bonchev–Trinajstić information content (AvgIpc) is 2.36. The highest BCUT2D eigenvalue weighted by Crippen LogP contribution is 2.38. The van der Waals surface area contributed by atoms with Crippen LogP contribution in [0.1, 0.15) is 54.2 Å². The van der Waals surface area contributed by atoms with Crippen LogP contribution in [0.4, 0.5) is 4.39 Å². The number of rotatable bonds is 2. The second kappa shape index (κ2) is 5.22. The number of hydrogen-bond donors (Lipinski definition) is 2. The topological polar surface area (TPSA) is 72.2 Å². The number of aryl methyl sites for hydroxylation is 1. The lowest BCUT2D eigenvalue weighted by atomic mass is 9.75. The molecule has 0 spiro atoms. The molecule has 1 unspecified atom stereocenters. The van der Waals surface area contributed by atoms with Gasteiger partial charge in [-0.3, -0.25) is 14.9 Å². The Morgan fingerprint density at radius 2 is 2.00 bits per heavy atom. The summed E-state index contributed by atoms with van der Waals surface area (Å²) in [5, 5.41) is 2.29. The number of nitrogens with two attached hydrogens (primary N) is 1. The Hall–Kier alpha value is -1.75. The summed E-state index contributed by atoms with van der Waals surface area (Å²) in [6.07, 6.45) is 2.40. The molecule has 2 aliphatic rings. The highest BCUT2D eigenvalue weighted by atomic mass is 19.1. The largest absolute Gasteiger partial charge is 0.328 e. The maximum Gasteiger partial charge on any atom is 0.234 e. The lowest BCUT2D eigenvalue weighted by molar-refractivity contribution is -0.134. The standard InChI is InChI=1S/C16H19FN2O2/c1-8-4-9(10-5-11(18)6-10)7-13(17)15(8)12-2-3-14(20)19-16(12)21/h4,7,10-12H,2-3,5-6,18H2,1H3,(H,19,20,21). The lowest BCUT2D eigenvalue weighted by Gasteiger charge is -2.33. The van der Waals surface area contributed by atoms with Gasteiger partial charge in [0.1, 0.15) is 5.82 Å². The molecule has 1 aliphatic heterocycles. The molecule has 1 aromatic carbocycles. The van der Waals surface area contributed by atoms with Crippen LogP contribution in [0.2, 0.25) is 0 Å². The number of imide groups is 1. The van der Waals surface area contributed by atoms with E-state index in [9.17, 15) is 14.0 Å². The first kappa shape index (κ1) is 14.2. The number of halogens is 1. The summed E-state index contributed by atoms with van der Waals surface area (Å²) in [5.74, 6) is -1.27. The van der Waals surface area contributed by atoms with Crippen LogP contribution >= 0.6 is 0 Å². The van der Waals surface area contributed by atoms with E-state index in [1.54, 1.807) is 0 Å². The average molecular weight is 290 g/mol. The van der Waals surface area contributed by atoms with Crippen LogP contribution in [0.25, 0.3) is 0 Å². The third kappa shape index (κ3) is 2.58. The Morgan fingerprint density at radius 1 is 1.29 bits per heavy atom. The summed E-state index contributed by atoms with van der Waals surface area (Å²) in [6, 6.07) is 3.70. The van der Waals surface area contributed by atoms with Crippen molar-refractivity contribution in [2.75, 3.05) is 0 Å². The van der Waals surface area contributed by atoms with Crippen molar-refractivity contribution in [2.24, 2.45) is 5.73 Å². The zero-order valence-corrected chi connectivity index (χ0v) is 12.0. The SMILES string of the molecule is Cc1cc(C2CC(N)C2)cc(F)c1C1CCC(=O)NC1=O. The molecule has 1 aromatic rings. The highest BCUT2D eigenvalue weighted by Gasteiger charge is 2.33. The Bertz CT molecular complexity index is 585. The minimum atomic E-state index is -0.569. The number of carbonyl (C=O) groups excluding carboxylic acids is 2. The van der Waals surface area contributed by atoms with Crippen LogP contribution in [0.5, 0.6) is 0 Å². The van der Waals surface area contributed by atoms with Gasteiger partial charge in [-0.25, -0.2) is 4.39 Å². The van der Waals surface area contributed by atoms with Crippen molar-refractivity contribution in [1.82, 2.24) is 5.32 Å². The predicted octanol–water partition coefficient (Wildman–Crippen LogP) is 1.86. The maximum atomic E-state index is 14.5. The molecule has 2 fully saturated rings. The molecule has 1 aliphatic carbocycles. The van der Waals surface area contributed by atoms with Gasteiger partial charge in [-0.05, 0) is 49.3 Å². The second-order valence-electron chi connectivity index (χ2n) is 6.17. The minimum absolute atomic E-state index is 0.216. The van der Waals surface area contributed by atoms with Gasteiger partial charge in [-0.15, -0.1) is 0 Å². The van der Waals surface area contributed by atoms with Crippen LogP contribution in [0.3, 0.4) is 0 Å². The first-order valence-electron chi connectivity index (χ1n) is 7.35. The molecule has 0 radical (unpaired) electrons. The van der Waals surface area contributed by atoms with Crippen LogP contribution in [-0.4, -0.2) is 17.9 Å². The van der Waals surface area contributed by atoms with Gasteiger partial charge >= 0.3 is 0 Å². The Labute approximate surface area is 122 Å². The lowest BCUT2D eigenvalue weighted by Crippen LogP contribution is -2.40. The van der Waals surface area contributed by atoms with E-state index in [4.69, 9.17) is 5.73 Å². The summed E-state index contributed by atoms with van der Waals surface area (Å²) in [6.45, 7) is 1.82. The van der Waals surface area contributed by atoms with Gasteiger partial charge in [0.05, 0.1) is 5.92 Å². The zero-order valence-electron chi connectivity index (χ0n) is 12.0. The van der Waals surface area contributed by atoms with E-state index in [2.05, 4.69) is 5.32 Å². The number of carbonyl (C=O) groups is 2. The Kier molecular flexibility index (Phi) is 3.53. The smallest absolute Gasteiger partial charge is 0.234 e. The molecule has 1 saturated heterocycles. The third-order valence-electron chi connectivity index (χ3n) is 4.59. The van der Waals surface area contributed by atoms with Gasteiger partial charge in [0.2, 0.25) is 11.8 Å². The highest BCUT2D eigenvalue weighted by molar-refractivity contribution is 6.01. The van der Waals surface area contributed by atoms with E-state index in [-0.39, 0.29) is 24.2 Å². The molecule has 112 valence electrons. The van der Waals surface area contributed by atoms with Crippen molar-refractivity contribution in [3.05, 3.63) is 34.6 Å². The van der Waals surface area contributed by atoms with E-state index in [0.717, 1.165) is 24.0 Å². The van der Waals surface area contributed by atoms with Crippen molar-refractivity contribution in [1.29, 1.82) is 0 Å². The molecule has 0 aromatic heterocycles. The summed E-state index contributed by atoms with van der Waals surface area (Å²) >= 11 is 0. The van der Waals surface area contributed by atoms with E-state index in [1.165, 1.54) is 6.07 Å². The molecule has 0 bridgehead atoms. The van der Waals surface area contributed by atoms with Gasteiger partial charge in [-0.1, -0.05) is 6.07 Å². The summed E-state index contributed by atoms with van der Waals surface area (Å²) < 4.78 is 14.5. The second-order valence-corrected chi connectivity index (χ2v) is 6.17. The number of piperidine rings is 1. The minimum Gasteiger partial charge on any atom is -0.328 e. The number of hydrogen-bond acceptors (Lipinski definition) is 3. The fourth-order valence-electron chi connectivity index (χ4n) is 3.36. The van der Waals surface area contributed by atoms with E-state index >= 15 is 0 Å². The van der Waals surface area contributed by atoms with Gasteiger partial charge in [-0.2, -0.15) is 0 Å². The third-order valence-corrected chi connectivity index (χ3v) is 4.59. The van der Waals surface area contributed by atoms with E-state index < -0.39 is 11.8 Å². The van der Waals surface area contributed by atoms with E-state index in [1.807, 2.05) is 13.0 Å². The van der Waals surface area contributed by atoms with Crippen molar-refractivity contribution in [2.45, 2.75) is 50.5 Å². The first-order chi connectivity index (χ1) is 9.95. The molecule has 1 atom stereocenters. The molecular formula is C16H19FN2O2.